The number of halogens is 1. The molecule has 0 aliphatic heterocycles. The van der Waals surface area contributed by atoms with Gasteiger partial charge in [-0.1, -0.05) is 6.07 Å². The van der Waals surface area contributed by atoms with E-state index in [0.717, 1.165) is 6.07 Å². The van der Waals surface area contributed by atoms with Crippen molar-refractivity contribution in [1.29, 1.82) is 0 Å². The zero-order chi connectivity index (χ0) is 14.9. The van der Waals surface area contributed by atoms with Crippen molar-refractivity contribution in [3.8, 4) is 0 Å². The SMILES string of the molecule is Cc1ccc(F)cc1S(=O)(=O)NCc1cnn(C)c1N. The quantitative estimate of drug-likeness (QED) is 0.878. The van der Waals surface area contributed by atoms with E-state index < -0.39 is 15.8 Å². The number of aromatic nitrogens is 2. The second kappa shape index (κ2) is 5.22. The van der Waals surface area contributed by atoms with Gasteiger partial charge in [0.05, 0.1) is 11.1 Å². The summed E-state index contributed by atoms with van der Waals surface area (Å²) in [5.41, 5.74) is 6.76. The van der Waals surface area contributed by atoms with Gasteiger partial charge in [0.15, 0.2) is 0 Å². The largest absolute Gasteiger partial charge is 0.384 e. The topological polar surface area (TPSA) is 90.0 Å². The molecule has 1 aromatic heterocycles. The minimum atomic E-state index is -3.80. The van der Waals surface area contributed by atoms with Crippen molar-refractivity contribution in [3.63, 3.8) is 0 Å². The molecule has 0 bridgehead atoms. The Morgan fingerprint density at radius 3 is 2.75 bits per heavy atom. The van der Waals surface area contributed by atoms with Gasteiger partial charge in [-0.3, -0.25) is 4.68 Å². The highest BCUT2D eigenvalue weighted by Crippen LogP contribution is 2.17. The Labute approximate surface area is 116 Å². The molecular weight excluding hydrogens is 283 g/mol. The molecule has 0 unspecified atom stereocenters. The number of nitrogens with zero attached hydrogens (tertiary/aromatic N) is 2. The van der Waals surface area contributed by atoms with Crippen molar-refractivity contribution >= 4 is 15.8 Å². The molecule has 0 aliphatic rings. The van der Waals surface area contributed by atoms with Crippen LogP contribution in [0.4, 0.5) is 10.2 Å². The van der Waals surface area contributed by atoms with Gasteiger partial charge in [-0.15, -0.1) is 0 Å². The van der Waals surface area contributed by atoms with Crippen molar-refractivity contribution in [2.24, 2.45) is 7.05 Å². The monoisotopic (exact) mass is 298 g/mol. The molecule has 0 spiro atoms. The van der Waals surface area contributed by atoms with E-state index in [1.165, 1.54) is 23.0 Å². The average molecular weight is 298 g/mol. The predicted molar refractivity (Wildman–Crippen MR) is 72.8 cm³/mol. The van der Waals surface area contributed by atoms with Crippen LogP contribution in [-0.2, 0) is 23.6 Å². The maximum absolute atomic E-state index is 13.2. The summed E-state index contributed by atoms with van der Waals surface area (Å²) in [7, 11) is -2.14. The number of hydrogen-bond donors (Lipinski definition) is 2. The summed E-state index contributed by atoms with van der Waals surface area (Å²) in [6.07, 6.45) is 1.48. The van der Waals surface area contributed by atoms with Gasteiger partial charge in [-0.05, 0) is 24.6 Å². The molecule has 1 aromatic carbocycles. The summed E-state index contributed by atoms with van der Waals surface area (Å²) in [6.45, 7) is 1.60. The fraction of sp³-hybridized carbons (Fsp3) is 0.250. The minimum absolute atomic E-state index is 0.00202. The van der Waals surface area contributed by atoms with E-state index in [0.29, 0.717) is 16.9 Å². The van der Waals surface area contributed by atoms with Crippen LogP contribution in [0, 0.1) is 12.7 Å². The maximum Gasteiger partial charge on any atom is 0.241 e. The standard InChI is InChI=1S/C12H15FN4O2S/c1-8-3-4-10(13)5-11(8)20(18,19)16-7-9-6-15-17(2)12(9)14/h3-6,16H,7,14H2,1-2H3. The third-order valence-electron chi connectivity index (χ3n) is 2.96. The van der Waals surface area contributed by atoms with Crippen molar-refractivity contribution in [2.75, 3.05) is 5.73 Å². The first-order chi connectivity index (χ1) is 9.31. The second-order valence-electron chi connectivity index (χ2n) is 4.41. The van der Waals surface area contributed by atoms with E-state index >= 15 is 0 Å². The fourth-order valence-electron chi connectivity index (χ4n) is 1.74. The first-order valence-corrected chi connectivity index (χ1v) is 7.32. The third-order valence-corrected chi connectivity index (χ3v) is 4.50. The van der Waals surface area contributed by atoms with E-state index in [1.54, 1.807) is 14.0 Å². The molecular formula is C12H15FN4O2S. The second-order valence-corrected chi connectivity index (χ2v) is 6.15. The molecule has 0 aliphatic carbocycles. The van der Waals surface area contributed by atoms with E-state index in [2.05, 4.69) is 9.82 Å². The number of aryl methyl sites for hydroxylation is 2. The summed E-state index contributed by atoms with van der Waals surface area (Å²) in [5.74, 6) is -0.222. The van der Waals surface area contributed by atoms with Gasteiger partial charge in [0, 0.05) is 19.2 Å². The lowest BCUT2D eigenvalue weighted by atomic mass is 10.2. The van der Waals surface area contributed by atoms with Crippen LogP contribution in [0.25, 0.3) is 0 Å². The van der Waals surface area contributed by atoms with E-state index in [-0.39, 0.29) is 11.4 Å². The molecule has 108 valence electrons. The summed E-state index contributed by atoms with van der Waals surface area (Å²) in [5, 5.41) is 3.92. The lowest BCUT2D eigenvalue weighted by molar-refractivity contribution is 0.576. The van der Waals surface area contributed by atoms with Crippen LogP contribution in [0.3, 0.4) is 0 Å². The van der Waals surface area contributed by atoms with Gasteiger partial charge in [-0.25, -0.2) is 17.5 Å². The van der Waals surface area contributed by atoms with Crippen LogP contribution in [0.15, 0.2) is 29.3 Å². The first-order valence-electron chi connectivity index (χ1n) is 5.83. The van der Waals surface area contributed by atoms with E-state index in [9.17, 15) is 12.8 Å². The van der Waals surface area contributed by atoms with Gasteiger partial charge < -0.3 is 5.73 Å². The molecule has 0 saturated heterocycles. The van der Waals surface area contributed by atoms with Gasteiger partial charge in [0.2, 0.25) is 10.0 Å². The van der Waals surface area contributed by atoms with Crippen LogP contribution >= 0.6 is 0 Å². The molecule has 0 saturated carbocycles. The van der Waals surface area contributed by atoms with Gasteiger partial charge in [0.1, 0.15) is 11.6 Å². The number of hydrogen-bond acceptors (Lipinski definition) is 4. The van der Waals surface area contributed by atoms with Crippen molar-refractivity contribution in [1.82, 2.24) is 14.5 Å². The molecule has 20 heavy (non-hydrogen) atoms. The normalized spacial score (nSPS) is 11.8. The fourth-order valence-corrected chi connectivity index (χ4v) is 3.00. The Balaban J connectivity index is 2.24. The summed E-state index contributed by atoms with van der Waals surface area (Å²) in [6, 6.07) is 3.63. The van der Waals surface area contributed by atoms with Crippen molar-refractivity contribution < 1.29 is 12.8 Å². The number of nitrogen functional groups attached to an aromatic ring is 1. The number of nitrogens with two attached hydrogens (primary N) is 1. The summed E-state index contributed by atoms with van der Waals surface area (Å²) >= 11 is 0. The molecule has 0 amide bonds. The van der Waals surface area contributed by atoms with Crippen LogP contribution < -0.4 is 10.5 Å². The highest BCUT2D eigenvalue weighted by Gasteiger charge is 2.18. The predicted octanol–water partition coefficient (Wildman–Crippen LogP) is 0.928. The first kappa shape index (κ1) is 14.5. The molecule has 0 fully saturated rings. The van der Waals surface area contributed by atoms with Crippen LogP contribution in [0.1, 0.15) is 11.1 Å². The van der Waals surface area contributed by atoms with E-state index in [1.807, 2.05) is 0 Å². The molecule has 2 rings (SSSR count). The number of sulfonamides is 1. The van der Waals surface area contributed by atoms with Gasteiger partial charge in [-0.2, -0.15) is 5.10 Å². The van der Waals surface area contributed by atoms with Gasteiger partial charge >= 0.3 is 0 Å². The molecule has 0 atom stereocenters. The molecule has 0 radical (unpaired) electrons. The molecule has 1 heterocycles. The van der Waals surface area contributed by atoms with Crippen LogP contribution in [0.2, 0.25) is 0 Å². The molecule has 3 N–H and O–H groups in total. The van der Waals surface area contributed by atoms with Gasteiger partial charge in [0.25, 0.3) is 0 Å². The lowest BCUT2D eigenvalue weighted by Gasteiger charge is -2.09. The van der Waals surface area contributed by atoms with Crippen molar-refractivity contribution in [2.45, 2.75) is 18.4 Å². The highest BCUT2D eigenvalue weighted by atomic mass is 32.2. The Bertz CT molecular complexity index is 740. The number of rotatable bonds is 4. The molecule has 6 nitrogen and oxygen atoms in total. The third kappa shape index (κ3) is 2.81. The van der Waals surface area contributed by atoms with Crippen LogP contribution in [0.5, 0.6) is 0 Å². The van der Waals surface area contributed by atoms with E-state index in [4.69, 9.17) is 5.73 Å². The number of benzene rings is 1. The maximum atomic E-state index is 13.2. The Kier molecular flexibility index (Phi) is 3.78. The Morgan fingerprint density at radius 1 is 1.45 bits per heavy atom. The Hall–Kier alpha value is -1.93. The molecule has 8 heteroatoms. The van der Waals surface area contributed by atoms with Crippen molar-refractivity contribution in [3.05, 3.63) is 41.3 Å². The molecule has 2 aromatic rings. The number of nitrogens with one attached hydrogen (secondary N) is 1. The lowest BCUT2D eigenvalue weighted by Crippen LogP contribution is -2.24. The highest BCUT2D eigenvalue weighted by molar-refractivity contribution is 7.89. The number of anilines is 1. The smallest absolute Gasteiger partial charge is 0.241 e. The van der Waals surface area contributed by atoms with Crippen LogP contribution in [-0.4, -0.2) is 18.2 Å². The zero-order valence-corrected chi connectivity index (χ0v) is 11.9. The average Bonchev–Trinajstić information content (AvgIpc) is 2.70. The summed E-state index contributed by atoms with van der Waals surface area (Å²) in [4.78, 5) is -0.0834. The summed E-state index contributed by atoms with van der Waals surface area (Å²) < 4.78 is 41.3. The Morgan fingerprint density at radius 2 is 2.15 bits per heavy atom. The zero-order valence-electron chi connectivity index (χ0n) is 11.1. The minimum Gasteiger partial charge on any atom is -0.384 e.